The van der Waals surface area contributed by atoms with Crippen molar-refractivity contribution in [3.63, 3.8) is 0 Å². The Labute approximate surface area is 72.9 Å². The Kier molecular flexibility index (Phi) is 5.08. The zero-order valence-corrected chi connectivity index (χ0v) is 7.98. The highest BCUT2D eigenvalue weighted by atomic mass is 16.6. The normalized spacial score (nSPS) is 13.3. The summed E-state index contributed by atoms with van der Waals surface area (Å²) in [6.45, 7) is 7.67. The van der Waals surface area contributed by atoms with Crippen molar-refractivity contribution in [3.8, 4) is 0 Å². The minimum Gasteiger partial charge on any atom is -0.411 e. The summed E-state index contributed by atoms with van der Waals surface area (Å²) in [4.78, 5) is 5.00. The van der Waals surface area contributed by atoms with Gasteiger partial charge in [0.1, 0.15) is 11.8 Å². The van der Waals surface area contributed by atoms with Crippen molar-refractivity contribution < 1.29 is 10.0 Å². The van der Waals surface area contributed by atoms with Crippen LogP contribution in [0.3, 0.4) is 0 Å². The van der Waals surface area contributed by atoms with Gasteiger partial charge in [0.05, 0.1) is 6.21 Å². The molecular formula is C8H16N2O2. The third-order valence-electron chi connectivity index (χ3n) is 1.15. The number of nitrogens with zero attached hydrogens (tertiary/aromatic N) is 2. The molecule has 0 heterocycles. The van der Waals surface area contributed by atoms with Crippen LogP contribution in [0.15, 0.2) is 10.3 Å². The van der Waals surface area contributed by atoms with Gasteiger partial charge in [-0.25, -0.2) is 0 Å². The van der Waals surface area contributed by atoms with Gasteiger partial charge in [-0.1, -0.05) is 24.2 Å². The van der Waals surface area contributed by atoms with Crippen LogP contribution >= 0.6 is 0 Å². The minimum atomic E-state index is 0.0471. The summed E-state index contributed by atoms with van der Waals surface area (Å²) >= 11 is 0. The molecule has 0 aromatic carbocycles. The Morgan fingerprint density at radius 2 is 1.92 bits per heavy atom. The van der Waals surface area contributed by atoms with Crippen molar-refractivity contribution in [2.24, 2.45) is 16.2 Å². The molecule has 0 saturated heterocycles. The van der Waals surface area contributed by atoms with E-state index in [1.807, 2.05) is 27.7 Å². The Morgan fingerprint density at radius 1 is 1.33 bits per heavy atom. The van der Waals surface area contributed by atoms with Gasteiger partial charge in [-0.05, 0) is 13.8 Å². The van der Waals surface area contributed by atoms with E-state index in [9.17, 15) is 0 Å². The van der Waals surface area contributed by atoms with Crippen molar-refractivity contribution in [1.29, 1.82) is 0 Å². The molecule has 0 aliphatic carbocycles. The lowest BCUT2D eigenvalue weighted by molar-refractivity contribution is 0.0855. The lowest BCUT2D eigenvalue weighted by Crippen LogP contribution is -2.11. The molecule has 0 aliphatic heterocycles. The SMILES string of the molecule is CC(C)ON=C(C=NO)C(C)C. The molecule has 4 nitrogen and oxygen atoms in total. The van der Waals surface area contributed by atoms with Gasteiger partial charge in [0.2, 0.25) is 0 Å². The molecule has 0 aliphatic rings. The first-order chi connectivity index (χ1) is 5.57. The Hall–Kier alpha value is -1.06. The fourth-order valence-electron chi connectivity index (χ4n) is 0.503. The van der Waals surface area contributed by atoms with E-state index in [0.29, 0.717) is 5.71 Å². The van der Waals surface area contributed by atoms with Crippen LogP contribution in [0.4, 0.5) is 0 Å². The molecule has 0 atom stereocenters. The van der Waals surface area contributed by atoms with E-state index >= 15 is 0 Å². The summed E-state index contributed by atoms with van der Waals surface area (Å²) in [5.74, 6) is 0.194. The van der Waals surface area contributed by atoms with Crippen molar-refractivity contribution in [2.75, 3.05) is 0 Å². The molecule has 4 heteroatoms. The first-order valence-corrected chi connectivity index (χ1v) is 3.99. The Bertz CT molecular complexity index is 174. The standard InChI is InChI=1S/C8H16N2O2/c1-6(2)8(5-9-11)10-12-7(3)4/h5-7,11H,1-4H3. The quantitative estimate of drug-likeness (QED) is 0.400. The first-order valence-electron chi connectivity index (χ1n) is 3.99. The highest BCUT2D eigenvalue weighted by Gasteiger charge is 2.03. The van der Waals surface area contributed by atoms with Crippen LogP contribution in [0.5, 0.6) is 0 Å². The fraction of sp³-hybridized carbons (Fsp3) is 0.750. The molecule has 0 radical (unpaired) electrons. The molecule has 0 saturated carbocycles. The van der Waals surface area contributed by atoms with E-state index in [4.69, 9.17) is 10.0 Å². The van der Waals surface area contributed by atoms with Gasteiger partial charge < -0.3 is 10.0 Å². The van der Waals surface area contributed by atoms with Gasteiger partial charge in [-0.3, -0.25) is 0 Å². The van der Waals surface area contributed by atoms with Crippen LogP contribution in [-0.4, -0.2) is 23.2 Å². The highest BCUT2D eigenvalue weighted by Crippen LogP contribution is 1.98. The number of oxime groups is 2. The van der Waals surface area contributed by atoms with Gasteiger partial charge in [0, 0.05) is 5.92 Å². The van der Waals surface area contributed by atoms with Crippen molar-refractivity contribution in [3.05, 3.63) is 0 Å². The summed E-state index contributed by atoms with van der Waals surface area (Å²) in [5, 5.41) is 15.0. The van der Waals surface area contributed by atoms with E-state index in [2.05, 4.69) is 10.3 Å². The Balaban J connectivity index is 4.19. The molecule has 12 heavy (non-hydrogen) atoms. The number of hydrogen-bond donors (Lipinski definition) is 1. The van der Waals surface area contributed by atoms with Gasteiger partial charge in [0.15, 0.2) is 0 Å². The molecule has 0 aromatic rings. The van der Waals surface area contributed by atoms with E-state index in [1.165, 1.54) is 6.21 Å². The largest absolute Gasteiger partial charge is 0.411 e. The third-order valence-corrected chi connectivity index (χ3v) is 1.15. The Morgan fingerprint density at radius 3 is 2.25 bits per heavy atom. The fourth-order valence-corrected chi connectivity index (χ4v) is 0.503. The summed E-state index contributed by atoms with van der Waals surface area (Å²) in [6.07, 6.45) is 1.33. The van der Waals surface area contributed by atoms with Crippen LogP contribution in [0.2, 0.25) is 0 Å². The zero-order valence-electron chi connectivity index (χ0n) is 7.98. The molecule has 70 valence electrons. The smallest absolute Gasteiger partial charge is 0.122 e. The molecule has 0 unspecified atom stereocenters. The predicted molar refractivity (Wildman–Crippen MR) is 48.8 cm³/mol. The van der Waals surface area contributed by atoms with Crippen molar-refractivity contribution >= 4 is 11.9 Å². The minimum absolute atomic E-state index is 0.0471. The predicted octanol–water partition coefficient (Wildman–Crippen LogP) is 1.88. The first kappa shape index (κ1) is 10.9. The summed E-state index contributed by atoms with van der Waals surface area (Å²) in [6, 6.07) is 0. The molecular weight excluding hydrogens is 156 g/mol. The average Bonchev–Trinajstić information content (AvgIpc) is 1.96. The van der Waals surface area contributed by atoms with Crippen LogP contribution in [0, 0.1) is 5.92 Å². The summed E-state index contributed by atoms with van der Waals surface area (Å²) in [5.41, 5.74) is 0.631. The van der Waals surface area contributed by atoms with E-state index in [-0.39, 0.29) is 12.0 Å². The summed E-state index contributed by atoms with van der Waals surface area (Å²) in [7, 11) is 0. The lowest BCUT2D eigenvalue weighted by atomic mass is 10.1. The topological polar surface area (TPSA) is 54.2 Å². The average molecular weight is 172 g/mol. The highest BCUT2D eigenvalue weighted by molar-refractivity contribution is 6.30. The van der Waals surface area contributed by atoms with Gasteiger partial charge in [-0.15, -0.1) is 0 Å². The molecule has 0 fully saturated rings. The van der Waals surface area contributed by atoms with E-state index in [1.54, 1.807) is 0 Å². The molecule has 0 amide bonds. The summed E-state index contributed by atoms with van der Waals surface area (Å²) < 4.78 is 0. The van der Waals surface area contributed by atoms with Crippen molar-refractivity contribution in [2.45, 2.75) is 33.8 Å². The second kappa shape index (κ2) is 5.57. The maximum Gasteiger partial charge on any atom is 0.122 e. The van der Waals surface area contributed by atoms with Crippen molar-refractivity contribution in [1.82, 2.24) is 0 Å². The monoisotopic (exact) mass is 172 g/mol. The second-order valence-electron chi connectivity index (χ2n) is 3.07. The van der Waals surface area contributed by atoms with E-state index in [0.717, 1.165) is 0 Å². The van der Waals surface area contributed by atoms with E-state index < -0.39 is 0 Å². The molecule has 0 rings (SSSR count). The molecule has 0 aromatic heterocycles. The molecule has 0 spiro atoms. The van der Waals surface area contributed by atoms with Crippen LogP contribution in [-0.2, 0) is 4.84 Å². The second-order valence-corrected chi connectivity index (χ2v) is 3.07. The van der Waals surface area contributed by atoms with Crippen LogP contribution < -0.4 is 0 Å². The maximum absolute atomic E-state index is 8.28. The van der Waals surface area contributed by atoms with Gasteiger partial charge in [0.25, 0.3) is 0 Å². The third kappa shape index (κ3) is 4.71. The van der Waals surface area contributed by atoms with Gasteiger partial charge >= 0.3 is 0 Å². The van der Waals surface area contributed by atoms with Crippen LogP contribution in [0.1, 0.15) is 27.7 Å². The number of hydrogen-bond acceptors (Lipinski definition) is 4. The zero-order chi connectivity index (χ0) is 9.56. The van der Waals surface area contributed by atoms with Gasteiger partial charge in [-0.2, -0.15) is 0 Å². The lowest BCUT2D eigenvalue weighted by Gasteiger charge is -2.06. The molecule has 0 bridgehead atoms. The molecule has 1 N–H and O–H groups in total. The van der Waals surface area contributed by atoms with Crippen LogP contribution in [0.25, 0.3) is 0 Å². The maximum atomic E-state index is 8.28. The number of rotatable bonds is 4.